The van der Waals surface area contributed by atoms with Gasteiger partial charge in [0.1, 0.15) is 11.5 Å². The van der Waals surface area contributed by atoms with Crippen molar-refractivity contribution in [3.05, 3.63) is 54.2 Å². The molecule has 0 radical (unpaired) electrons. The first-order valence-electron chi connectivity index (χ1n) is 6.82. The Bertz CT molecular complexity index is 749. The van der Waals surface area contributed by atoms with Crippen molar-refractivity contribution < 1.29 is 9.47 Å². The first kappa shape index (κ1) is 13.4. The summed E-state index contributed by atoms with van der Waals surface area (Å²) in [5, 5.41) is 4.61. The van der Waals surface area contributed by atoms with E-state index in [1.54, 1.807) is 14.2 Å². The standard InChI is InChI=1S/C17H18N2O2/c1-20-14-4-6-17(21-2)16(10-14)19-11-12-3-5-15-13(9-12)7-8-18-15/h3-10,18-19H,11H2,1-2H3. The molecule has 1 heterocycles. The molecule has 0 amide bonds. The number of benzene rings is 2. The molecule has 3 aromatic rings. The lowest BCUT2D eigenvalue weighted by molar-refractivity contribution is 0.404. The van der Waals surface area contributed by atoms with Crippen molar-refractivity contribution in [3.8, 4) is 11.5 Å². The Balaban J connectivity index is 1.80. The smallest absolute Gasteiger partial charge is 0.142 e. The second-order valence-corrected chi connectivity index (χ2v) is 4.82. The van der Waals surface area contributed by atoms with E-state index in [4.69, 9.17) is 9.47 Å². The normalized spacial score (nSPS) is 10.6. The van der Waals surface area contributed by atoms with Crippen LogP contribution in [0.4, 0.5) is 5.69 Å². The maximum absolute atomic E-state index is 5.37. The molecule has 0 saturated heterocycles. The Hall–Kier alpha value is -2.62. The molecule has 1 aromatic heterocycles. The molecule has 4 nitrogen and oxygen atoms in total. The third kappa shape index (κ3) is 2.79. The molecule has 21 heavy (non-hydrogen) atoms. The van der Waals surface area contributed by atoms with E-state index in [0.717, 1.165) is 29.2 Å². The highest BCUT2D eigenvalue weighted by atomic mass is 16.5. The number of hydrogen-bond acceptors (Lipinski definition) is 3. The topological polar surface area (TPSA) is 46.3 Å². The third-order valence-corrected chi connectivity index (χ3v) is 3.51. The van der Waals surface area contributed by atoms with Gasteiger partial charge >= 0.3 is 0 Å². The number of rotatable bonds is 5. The lowest BCUT2D eigenvalue weighted by Crippen LogP contribution is -2.01. The summed E-state index contributed by atoms with van der Waals surface area (Å²) < 4.78 is 10.6. The molecule has 4 heteroatoms. The van der Waals surface area contributed by atoms with E-state index in [9.17, 15) is 0 Å². The van der Waals surface area contributed by atoms with Gasteiger partial charge in [0.15, 0.2) is 0 Å². The van der Waals surface area contributed by atoms with Crippen LogP contribution in [0.25, 0.3) is 10.9 Å². The minimum atomic E-state index is 0.727. The number of aromatic amines is 1. The molecule has 0 atom stereocenters. The first-order chi connectivity index (χ1) is 10.3. The van der Waals surface area contributed by atoms with E-state index in [2.05, 4.69) is 34.6 Å². The van der Waals surface area contributed by atoms with Gasteiger partial charge in [-0.25, -0.2) is 0 Å². The highest BCUT2D eigenvalue weighted by Gasteiger charge is 2.05. The van der Waals surface area contributed by atoms with E-state index >= 15 is 0 Å². The van der Waals surface area contributed by atoms with Gasteiger partial charge < -0.3 is 19.8 Å². The lowest BCUT2D eigenvalue weighted by Gasteiger charge is -2.12. The Labute approximate surface area is 123 Å². The number of nitrogens with one attached hydrogen (secondary N) is 2. The second kappa shape index (κ2) is 5.79. The minimum Gasteiger partial charge on any atom is -0.497 e. The van der Waals surface area contributed by atoms with Gasteiger partial charge in [-0.15, -0.1) is 0 Å². The van der Waals surface area contributed by atoms with Gasteiger partial charge in [-0.05, 0) is 41.3 Å². The van der Waals surface area contributed by atoms with Gasteiger partial charge in [0.2, 0.25) is 0 Å². The summed E-state index contributed by atoms with van der Waals surface area (Å²) in [6.07, 6.45) is 1.95. The molecule has 108 valence electrons. The molecule has 2 aromatic carbocycles. The van der Waals surface area contributed by atoms with Gasteiger partial charge in [-0.1, -0.05) is 6.07 Å². The number of aromatic nitrogens is 1. The highest BCUT2D eigenvalue weighted by molar-refractivity contribution is 5.80. The molecule has 3 rings (SSSR count). The predicted molar refractivity (Wildman–Crippen MR) is 85.2 cm³/mol. The Morgan fingerprint density at radius 3 is 2.71 bits per heavy atom. The number of ether oxygens (including phenoxy) is 2. The molecule has 0 aliphatic rings. The van der Waals surface area contributed by atoms with Crippen LogP contribution >= 0.6 is 0 Å². The Morgan fingerprint density at radius 2 is 1.90 bits per heavy atom. The van der Waals surface area contributed by atoms with E-state index in [1.165, 1.54) is 10.9 Å². The van der Waals surface area contributed by atoms with Crippen molar-refractivity contribution in [3.63, 3.8) is 0 Å². The van der Waals surface area contributed by atoms with E-state index in [1.807, 2.05) is 24.4 Å². The monoisotopic (exact) mass is 282 g/mol. The zero-order chi connectivity index (χ0) is 14.7. The van der Waals surface area contributed by atoms with Gasteiger partial charge in [0.25, 0.3) is 0 Å². The Kier molecular flexibility index (Phi) is 3.69. The summed E-state index contributed by atoms with van der Waals surface area (Å²) in [5.74, 6) is 1.61. The maximum atomic E-state index is 5.37. The number of methoxy groups -OCH3 is 2. The molecule has 2 N–H and O–H groups in total. The van der Waals surface area contributed by atoms with Crippen molar-refractivity contribution in [2.24, 2.45) is 0 Å². The molecule has 0 aliphatic carbocycles. The summed E-state index contributed by atoms with van der Waals surface area (Å²) in [6, 6.07) is 14.2. The van der Waals surface area contributed by atoms with Gasteiger partial charge in [0.05, 0.1) is 19.9 Å². The van der Waals surface area contributed by atoms with Crippen LogP contribution in [-0.2, 0) is 6.54 Å². The summed E-state index contributed by atoms with van der Waals surface area (Å²) in [6.45, 7) is 0.727. The minimum absolute atomic E-state index is 0.727. The van der Waals surface area contributed by atoms with Gasteiger partial charge in [-0.3, -0.25) is 0 Å². The van der Waals surface area contributed by atoms with E-state index in [-0.39, 0.29) is 0 Å². The van der Waals surface area contributed by atoms with Crippen LogP contribution in [0.1, 0.15) is 5.56 Å². The molecular weight excluding hydrogens is 264 g/mol. The van der Waals surface area contributed by atoms with Crippen LogP contribution < -0.4 is 14.8 Å². The van der Waals surface area contributed by atoms with Gasteiger partial charge in [0, 0.05) is 24.3 Å². The molecule has 0 saturated carbocycles. The predicted octanol–water partition coefficient (Wildman–Crippen LogP) is 3.80. The zero-order valence-corrected chi connectivity index (χ0v) is 12.1. The van der Waals surface area contributed by atoms with Crippen LogP contribution in [-0.4, -0.2) is 19.2 Å². The maximum Gasteiger partial charge on any atom is 0.142 e. The highest BCUT2D eigenvalue weighted by Crippen LogP contribution is 2.29. The molecule has 0 bridgehead atoms. The first-order valence-corrected chi connectivity index (χ1v) is 6.82. The van der Waals surface area contributed by atoms with Crippen molar-refractivity contribution >= 4 is 16.6 Å². The van der Waals surface area contributed by atoms with Crippen LogP contribution in [0.3, 0.4) is 0 Å². The number of anilines is 1. The summed E-state index contributed by atoms with van der Waals surface area (Å²) in [5.41, 5.74) is 3.29. The molecule has 0 fully saturated rings. The number of hydrogen-bond donors (Lipinski definition) is 2. The summed E-state index contributed by atoms with van der Waals surface area (Å²) >= 11 is 0. The van der Waals surface area contributed by atoms with Crippen molar-refractivity contribution in [2.75, 3.05) is 19.5 Å². The summed E-state index contributed by atoms with van der Waals surface area (Å²) in [4.78, 5) is 3.20. The second-order valence-electron chi connectivity index (χ2n) is 4.82. The average molecular weight is 282 g/mol. The van der Waals surface area contributed by atoms with Crippen LogP contribution in [0.2, 0.25) is 0 Å². The number of H-pyrrole nitrogens is 1. The summed E-state index contributed by atoms with van der Waals surface area (Å²) in [7, 11) is 3.32. The van der Waals surface area contributed by atoms with Crippen LogP contribution in [0, 0.1) is 0 Å². The third-order valence-electron chi connectivity index (χ3n) is 3.51. The fraction of sp³-hybridized carbons (Fsp3) is 0.176. The zero-order valence-electron chi connectivity index (χ0n) is 12.1. The number of fused-ring (bicyclic) bond motifs is 1. The quantitative estimate of drug-likeness (QED) is 0.748. The van der Waals surface area contributed by atoms with Crippen molar-refractivity contribution in [2.45, 2.75) is 6.54 Å². The molecule has 0 unspecified atom stereocenters. The molecule has 0 aliphatic heterocycles. The average Bonchev–Trinajstić information content (AvgIpc) is 3.00. The van der Waals surface area contributed by atoms with Crippen LogP contribution in [0.15, 0.2) is 48.7 Å². The van der Waals surface area contributed by atoms with Crippen molar-refractivity contribution in [1.82, 2.24) is 4.98 Å². The van der Waals surface area contributed by atoms with E-state index < -0.39 is 0 Å². The van der Waals surface area contributed by atoms with E-state index in [0.29, 0.717) is 0 Å². The van der Waals surface area contributed by atoms with Gasteiger partial charge in [-0.2, -0.15) is 0 Å². The largest absolute Gasteiger partial charge is 0.497 e. The lowest BCUT2D eigenvalue weighted by atomic mass is 10.1. The Morgan fingerprint density at radius 1 is 1.00 bits per heavy atom. The molecular formula is C17H18N2O2. The van der Waals surface area contributed by atoms with Crippen LogP contribution in [0.5, 0.6) is 11.5 Å². The fourth-order valence-corrected chi connectivity index (χ4v) is 2.36. The fourth-order valence-electron chi connectivity index (χ4n) is 2.36. The SMILES string of the molecule is COc1ccc(OC)c(NCc2ccc3[nH]ccc3c2)c1. The van der Waals surface area contributed by atoms with Crippen molar-refractivity contribution in [1.29, 1.82) is 0 Å². The molecule has 0 spiro atoms.